The molecule has 7 nitrogen and oxygen atoms in total. The van der Waals surface area contributed by atoms with Gasteiger partial charge in [0, 0.05) is 28.7 Å². The van der Waals surface area contributed by atoms with Gasteiger partial charge in [0.05, 0.1) is 21.7 Å². The van der Waals surface area contributed by atoms with Crippen LogP contribution in [0.25, 0.3) is 10.2 Å². The topological polar surface area (TPSA) is 92.3 Å². The van der Waals surface area contributed by atoms with Crippen molar-refractivity contribution in [2.24, 2.45) is 0 Å². The number of carbonyl (C=O) groups is 1. The summed E-state index contributed by atoms with van der Waals surface area (Å²) in [6.45, 7) is 2.22. The summed E-state index contributed by atoms with van der Waals surface area (Å²) in [6.07, 6.45) is 3.35. The second-order valence-electron chi connectivity index (χ2n) is 8.31. The summed E-state index contributed by atoms with van der Waals surface area (Å²) in [6, 6.07) is 21.8. The second-order valence-corrected chi connectivity index (χ2v) is 11.4. The molecule has 0 aliphatic rings. The molecule has 0 radical (unpaired) electrons. The van der Waals surface area contributed by atoms with Crippen LogP contribution in [0.4, 0.5) is 10.8 Å². The van der Waals surface area contributed by atoms with Crippen LogP contribution in [0.3, 0.4) is 0 Å². The van der Waals surface area contributed by atoms with Gasteiger partial charge >= 0.3 is 0 Å². The monoisotopic (exact) mass is 548 g/mol. The highest BCUT2D eigenvalue weighted by atomic mass is 35.5. The van der Waals surface area contributed by atoms with Crippen molar-refractivity contribution in [2.75, 3.05) is 9.62 Å². The Morgan fingerprint density at radius 3 is 2.41 bits per heavy atom. The molecule has 2 heterocycles. The number of carbonyl (C=O) groups excluding carboxylic acids is 1. The SMILES string of the molecule is Cc1cc(Cl)cc2sc(N(Cc3ccncc3)C(=O)c3ccc(NS(=O)(=O)c4ccccc4)cc3)nc12. The van der Waals surface area contributed by atoms with E-state index in [2.05, 4.69) is 9.71 Å². The van der Waals surface area contributed by atoms with E-state index in [4.69, 9.17) is 16.6 Å². The van der Waals surface area contributed by atoms with E-state index in [-0.39, 0.29) is 17.3 Å². The lowest BCUT2D eigenvalue weighted by Gasteiger charge is -2.20. The molecule has 37 heavy (non-hydrogen) atoms. The van der Waals surface area contributed by atoms with E-state index in [9.17, 15) is 13.2 Å². The molecule has 0 aliphatic carbocycles. The molecule has 5 rings (SSSR count). The maximum Gasteiger partial charge on any atom is 0.261 e. The van der Waals surface area contributed by atoms with Crippen LogP contribution in [-0.2, 0) is 16.6 Å². The zero-order chi connectivity index (χ0) is 26.0. The fourth-order valence-corrected chi connectivity index (χ4v) is 6.30. The Bertz CT molecular complexity index is 1670. The minimum Gasteiger partial charge on any atom is -0.280 e. The number of aromatic nitrogens is 2. The third kappa shape index (κ3) is 5.48. The molecule has 0 saturated carbocycles. The fraction of sp³-hybridized carbons (Fsp3) is 0.0741. The van der Waals surface area contributed by atoms with E-state index in [1.165, 1.54) is 23.5 Å². The Kier molecular flexibility index (Phi) is 6.92. The molecule has 1 amide bonds. The molecule has 0 saturated heterocycles. The van der Waals surface area contributed by atoms with Gasteiger partial charge in [-0.25, -0.2) is 13.4 Å². The van der Waals surface area contributed by atoms with Crippen LogP contribution < -0.4 is 9.62 Å². The van der Waals surface area contributed by atoms with E-state index in [0.29, 0.717) is 21.4 Å². The number of thiazole rings is 1. The standard InChI is InChI=1S/C27H21ClN4O3S2/c1-18-15-21(28)16-24-25(18)30-27(36-24)32(17-19-11-13-29-14-12-19)26(33)20-7-9-22(10-8-20)31-37(34,35)23-5-3-2-4-6-23/h2-16,31H,17H2,1H3. The van der Waals surface area contributed by atoms with Gasteiger partial charge in [-0.15, -0.1) is 0 Å². The van der Waals surface area contributed by atoms with Crippen LogP contribution in [0.2, 0.25) is 5.02 Å². The van der Waals surface area contributed by atoms with Crippen LogP contribution in [0, 0.1) is 6.92 Å². The number of sulfonamides is 1. The Morgan fingerprint density at radius 1 is 1.00 bits per heavy atom. The number of rotatable bonds is 7. The van der Waals surface area contributed by atoms with Gasteiger partial charge in [0.15, 0.2) is 5.13 Å². The largest absolute Gasteiger partial charge is 0.280 e. The zero-order valence-electron chi connectivity index (χ0n) is 19.6. The quantitative estimate of drug-likeness (QED) is 0.257. The van der Waals surface area contributed by atoms with Crippen molar-refractivity contribution in [2.45, 2.75) is 18.4 Å². The van der Waals surface area contributed by atoms with Crippen LogP contribution in [-0.4, -0.2) is 24.3 Å². The Morgan fingerprint density at radius 2 is 1.70 bits per heavy atom. The summed E-state index contributed by atoms with van der Waals surface area (Å²) in [5.74, 6) is -0.267. The Labute approximate surface area is 223 Å². The first-order valence-electron chi connectivity index (χ1n) is 11.3. The number of aryl methyl sites for hydroxylation is 1. The summed E-state index contributed by atoms with van der Waals surface area (Å²) >= 11 is 7.63. The molecule has 0 aliphatic heterocycles. The molecule has 1 N–H and O–H groups in total. The maximum atomic E-state index is 13.7. The fourth-order valence-electron chi connectivity index (χ4n) is 3.81. The number of hydrogen-bond donors (Lipinski definition) is 1. The second kappa shape index (κ2) is 10.3. The van der Waals surface area contributed by atoms with Crippen molar-refractivity contribution in [3.8, 4) is 0 Å². The number of halogens is 1. The van der Waals surface area contributed by atoms with Crippen molar-refractivity contribution in [3.05, 3.63) is 113 Å². The zero-order valence-corrected chi connectivity index (χ0v) is 22.0. The highest BCUT2D eigenvalue weighted by Crippen LogP contribution is 2.34. The maximum absolute atomic E-state index is 13.7. The number of nitrogens with zero attached hydrogens (tertiary/aromatic N) is 3. The minimum absolute atomic E-state index is 0.157. The third-order valence-corrected chi connectivity index (χ3v) is 8.28. The molecular weight excluding hydrogens is 528 g/mol. The van der Waals surface area contributed by atoms with Crippen LogP contribution in [0.15, 0.2) is 96.2 Å². The van der Waals surface area contributed by atoms with Crippen molar-refractivity contribution in [3.63, 3.8) is 0 Å². The van der Waals surface area contributed by atoms with Gasteiger partial charge in [0.25, 0.3) is 15.9 Å². The van der Waals surface area contributed by atoms with Crippen molar-refractivity contribution < 1.29 is 13.2 Å². The molecule has 186 valence electrons. The van der Waals surface area contributed by atoms with Gasteiger partial charge in [-0.3, -0.25) is 19.4 Å². The van der Waals surface area contributed by atoms with Crippen LogP contribution >= 0.6 is 22.9 Å². The number of nitrogens with one attached hydrogen (secondary N) is 1. The van der Waals surface area contributed by atoms with Crippen molar-refractivity contribution >= 4 is 59.9 Å². The molecule has 0 atom stereocenters. The van der Waals surface area contributed by atoms with Crippen LogP contribution in [0.1, 0.15) is 21.5 Å². The number of hydrogen-bond acceptors (Lipinski definition) is 6. The molecule has 5 aromatic rings. The van der Waals surface area contributed by atoms with E-state index >= 15 is 0 Å². The summed E-state index contributed by atoms with van der Waals surface area (Å²) in [7, 11) is -3.74. The summed E-state index contributed by atoms with van der Waals surface area (Å²) in [5.41, 5.74) is 3.36. The Balaban J connectivity index is 1.46. The summed E-state index contributed by atoms with van der Waals surface area (Å²) in [5, 5.41) is 1.15. The van der Waals surface area contributed by atoms with Gasteiger partial charge < -0.3 is 0 Å². The number of benzene rings is 3. The molecule has 2 aromatic heterocycles. The molecule has 0 bridgehead atoms. The smallest absolute Gasteiger partial charge is 0.261 e. The normalized spacial score (nSPS) is 11.4. The van der Waals surface area contributed by atoms with Gasteiger partial charge in [0.1, 0.15) is 0 Å². The molecule has 0 fully saturated rings. The lowest BCUT2D eigenvalue weighted by molar-refractivity contribution is 0.0985. The van der Waals surface area contributed by atoms with E-state index in [1.807, 2.05) is 31.2 Å². The number of amides is 1. The first-order chi connectivity index (χ1) is 17.8. The molecule has 0 spiro atoms. The third-order valence-electron chi connectivity index (χ3n) is 5.64. The first kappa shape index (κ1) is 24.9. The lowest BCUT2D eigenvalue weighted by Crippen LogP contribution is -2.30. The highest BCUT2D eigenvalue weighted by molar-refractivity contribution is 7.92. The average Bonchev–Trinajstić information content (AvgIpc) is 3.32. The van der Waals surface area contributed by atoms with Gasteiger partial charge in [-0.2, -0.15) is 0 Å². The lowest BCUT2D eigenvalue weighted by atomic mass is 10.1. The van der Waals surface area contributed by atoms with Crippen LogP contribution in [0.5, 0.6) is 0 Å². The molecular formula is C27H21ClN4O3S2. The number of fused-ring (bicyclic) bond motifs is 1. The minimum atomic E-state index is -3.74. The predicted octanol–water partition coefficient (Wildman–Crippen LogP) is 6.30. The van der Waals surface area contributed by atoms with E-state index in [0.717, 1.165) is 21.3 Å². The highest BCUT2D eigenvalue weighted by Gasteiger charge is 2.23. The predicted molar refractivity (Wildman–Crippen MR) is 148 cm³/mol. The number of pyridine rings is 1. The summed E-state index contributed by atoms with van der Waals surface area (Å²) < 4.78 is 28.7. The van der Waals surface area contributed by atoms with E-state index < -0.39 is 10.0 Å². The van der Waals surface area contributed by atoms with Crippen molar-refractivity contribution in [1.29, 1.82) is 0 Å². The molecule has 3 aromatic carbocycles. The van der Waals surface area contributed by atoms with Gasteiger partial charge in [-0.05, 0) is 78.7 Å². The van der Waals surface area contributed by atoms with E-state index in [1.54, 1.807) is 59.8 Å². The molecule has 0 unspecified atom stereocenters. The van der Waals surface area contributed by atoms with Crippen molar-refractivity contribution in [1.82, 2.24) is 9.97 Å². The first-order valence-corrected chi connectivity index (χ1v) is 13.9. The average molecular weight is 549 g/mol. The van der Waals surface area contributed by atoms with Gasteiger partial charge in [0.2, 0.25) is 0 Å². The summed E-state index contributed by atoms with van der Waals surface area (Å²) in [4.78, 5) is 24.3. The van der Waals surface area contributed by atoms with Gasteiger partial charge in [-0.1, -0.05) is 41.1 Å². The molecule has 10 heteroatoms. The number of anilines is 2. The Hall–Kier alpha value is -3.79.